The normalized spacial score (nSPS) is 33.6. The molecule has 24 bridgehead atoms. The highest BCUT2D eigenvalue weighted by molar-refractivity contribution is 5.81. The summed E-state index contributed by atoms with van der Waals surface area (Å²) < 4.78 is 45.1. The number of ether oxygens (including phenoxy) is 7. The second kappa shape index (κ2) is 32.8. The van der Waals surface area contributed by atoms with E-state index in [-0.39, 0.29) is 82.1 Å². The summed E-state index contributed by atoms with van der Waals surface area (Å²) in [7, 11) is 0. The Balaban J connectivity index is 0.675. The highest BCUT2D eigenvalue weighted by Gasteiger charge is 2.63. The highest BCUT2D eigenvalue weighted by Crippen LogP contribution is 2.68. The molecule has 0 saturated heterocycles. The first-order valence-corrected chi connectivity index (χ1v) is 48.2. The summed E-state index contributed by atoms with van der Waals surface area (Å²) in [4.78, 5) is 56.9. The molecule has 0 aliphatic heterocycles. The number of carbonyl (C=O) groups excluding carboxylic acids is 4. The highest BCUT2D eigenvalue weighted by atomic mass is 16.6. The van der Waals surface area contributed by atoms with Crippen molar-refractivity contribution in [3.05, 3.63) is 212 Å². The minimum absolute atomic E-state index is 0.0351. The summed E-state index contributed by atoms with van der Waals surface area (Å²) in [6, 6.07) is 38.7. The van der Waals surface area contributed by atoms with Gasteiger partial charge in [-0.25, -0.2) is 14.4 Å². The summed E-state index contributed by atoms with van der Waals surface area (Å²) >= 11 is 0. The summed E-state index contributed by atoms with van der Waals surface area (Å²) in [5, 5.41) is 103. The van der Waals surface area contributed by atoms with Crippen LogP contribution in [0, 0.1) is 100 Å². The van der Waals surface area contributed by atoms with E-state index in [0.29, 0.717) is 135 Å². The first kappa shape index (κ1) is 84.3. The Morgan fingerprint density at radius 3 is 0.648 bits per heavy atom. The van der Waals surface area contributed by atoms with Gasteiger partial charge in [-0.15, -0.1) is 0 Å². The molecule has 19 nitrogen and oxygen atoms in total. The Morgan fingerprint density at radius 2 is 0.453 bits per heavy atom. The van der Waals surface area contributed by atoms with Crippen LogP contribution in [0.1, 0.15) is 279 Å². The van der Waals surface area contributed by atoms with Crippen LogP contribution in [0.3, 0.4) is 0 Å². The number of rotatable bonds is 25. The van der Waals surface area contributed by atoms with Gasteiger partial charge in [-0.05, 0) is 349 Å². The number of carbonyl (C=O) groups is 4. The predicted molar refractivity (Wildman–Crippen MR) is 478 cm³/mol. The summed E-state index contributed by atoms with van der Waals surface area (Å²) in [6.07, 6.45) is 26.0. The molecule has 8 aromatic rings. The van der Waals surface area contributed by atoms with Crippen molar-refractivity contribution in [1.82, 2.24) is 0 Å². The van der Waals surface area contributed by atoms with Crippen molar-refractivity contribution in [2.75, 3.05) is 26.4 Å². The van der Waals surface area contributed by atoms with E-state index < -0.39 is 104 Å². The van der Waals surface area contributed by atoms with Crippen LogP contribution in [0.15, 0.2) is 146 Å². The fourth-order valence-corrected chi connectivity index (χ4v) is 30.7. The molecule has 2 atom stereocenters. The maximum absolute atomic E-state index is 14.4. The first-order valence-electron chi connectivity index (χ1n) is 48.2. The third-order valence-electron chi connectivity index (χ3n) is 35.6. The van der Waals surface area contributed by atoms with E-state index in [0.717, 1.165) is 115 Å². The molecular weight excluding hydrogens is 1610 g/mol. The number of fused-ring (bicyclic) bond motifs is 8. The van der Waals surface area contributed by atoms with Crippen LogP contribution in [0.25, 0.3) is 0 Å². The molecule has 25 rings (SSSR count). The third-order valence-corrected chi connectivity index (χ3v) is 35.6. The van der Waals surface area contributed by atoms with E-state index in [4.69, 9.17) is 33.2 Å². The molecule has 17 aliphatic carbocycles. The van der Waals surface area contributed by atoms with Crippen molar-refractivity contribution in [1.29, 1.82) is 0 Å². The molecule has 19 heteroatoms. The van der Waals surface area contributed by atoms with Crippen molar-refractivity contribution in [3.8, 4) is 69.0 Å². The molecule has 0 heterocycles. The van der Waals surface area contributed by atoms with E-state index in [2.05, 4.69) is 27.7 Å². The summed E-state index contributed by atoms with van der Waals surface area (Å²) in [5.74, 6) is 0.0135. The number of esters is 3. The monoisotopic (exact) mass is 1730 g/mol. The first-order chi connectivity index (χ1) is 61.9. The molecule has 0 amide bonds. The number of aromatic hydroxyl groups is 8. The van der Waals surface area contributed by atoms with E-state index >= 15 is 0 Å². The molecule has 128 heavy (non-hydrogen) atoms. The van der Waals surface area contributed by atoms with Gasteiger partial charge in [0.2, 0.25) is 0 Å². The van der Waals surface area contributed by atoms with Gasteiger partial charge in [0.25, 0.3) is 0 Å². The fraction of sp³-hybridized carbons (Fsp3) is 0.523. The van der Waals surface area contributed by atoms with E-state index in [1.165, 1.54) is 75.6 Å². The molecule has 17 aliphatic rings. The minimum atomic E-state index is -1.23. The van der Waals surface area contributed by atoms with Crippen LogP contribution >= 0.6 is 0 Å². The lowest BCUT2D eigenvalue weighted by molar-refractivity contribution is -0.212. The van der Waals surface area contributed by atoms with E-state index in [9.17, 15) is 60.0 Å². The maximum Gasteiger partial charge on any atom is 0.344 e. The SMILES string of the molecule is CCC1(CC(=O)COc2ccc(C3c4cc(c(O)cc4O)C(c4ccc(OCC(=O)OC5(CC)C6CC7CC(C6)CC5C7)cc4)c4cc(c(O)cc4O)C(c4ccc(OCC(=O)OC5(CC)C6CC7CC(C6)CC5C7)cc4)c4cc(c(O)cc4O)C(c4ccc(OCC(=O)OC5(CC)C6CC7CC(C6)CC5C7)cc4)c4cc3c(O)cc4O)cc2)C2CC3CC(C2)CC1C3. The second-order valence-corrected chi connectivity index (χ2v) is 41.9. The Morgan fingerprint density at radius 1 is 0.258 bits per heavy atom. The number of phenols is 8. The summed E-state index contributed by atoms with van der Waals surface area (Å²) in [6.45, 7) is 7.35. The van der Waals surface area contributed by atoms with Gasteiger partial charge in [-0.3, -0.25) is 4.79 Å². The van der Waals surface area contributed by atoms with Crippen LogP contribution in [0.4, 0.5) is 0 Å². The summed E-state index contributed by atoms with van der Waals surface area (Å²) in [5.41, 5.74) is 1.01. The van der Waals surface area contributed by atoms with Crippen LogP contribution in [0.2, 0.25) is 0 Å². The molecule has 8 aromatic carbocycles. The molecule has 672 valence electrons. The molecule has 16 fully saturated rings. The van der Waals surface area contributed by atoms with Gasteiger partial charge >= 0.3 is 17.9 Å². The van der Waals surface area contributed by atoms with Gasteiger partial charge in [-0.1, -0.05) is 76.2 Å². The van der Waals surface area contributed by atoms with Gasteiger partial charge in [0.1, 0.15) is 92.4 Å². The van der Waals surface area contributed by atoms with Gasteiger partial charge in [0.05, 0.1) is 0 Å². The Labute approximate surface area is 749 Å². The Hall–Kier alpha value is -10.6. The standard InChI is InChI=1S/C109H122O19/c1-5-106(70-29-58-25-59(31-70)32-71(106)30-58)53-78(110)54-122-79-17-9-66(10-18-79)102-83-45-85(93(113)49-91(83)111)103(67-11-19-80(20-12-67)123-55-99(119)126-107(6-2)72-33-60-26-61(35-72)36-73(107)34-60)87-47-89(97(117)51-95(87)115)105(69-15-23-82(24-16-69)125-57-101(121)128-109(8-4)76-41-64-28-65(43-76)44-77(109)42-64)90-48-88(96(116)52-98(90)118)104(86-46-84(102)92(112)50-94(86)114)68-13-21-81(22-14-68)124-56-100(120)127-108(7-3)74-37-62-27-63(39-74)40-75(108)38-62/h9-24,45-52,58-65,70-77,102-105,111-118H,5-8,25-44,53-57H2,1-4H3. The van der Waals surface area contributed by atoms with Crippen molar-refractivity contribution in [3.63, 3.8) is 0 Å². The van der Waals surface area contributed by atoms with E-state index in [1.807, 2.05) is 0 Å². The lowest BCUT2D eigenvalue weighted by Crippen LogP contribution is -2.59. The molecule has 0 aromatic heterocycles. The van der Waals surface area contributed by atoms with Gasteiger partial charge in [-0.2, -0.15) is 0 Å². The van der Waals surface area contributed by atoms with E-state index in [1.54, 1.807) is 121 Å². The number of Topliss-reactive ketones (excluding diaryl/α,β-unsaturated/α-hetero) is 1. The molecular formula is C109H122O19. The number of benzene rings is 8. The molecule has 8 N–H and O–H groups in total. The maximum atomic E-state index is 14.4. The minimum Gasteiger partial charge on any atom is -0.507 e. The number of hydrogen-bond acceptors (Lipinski definition) is 19. The second-order valence-electron chi connectivity index (χ2n) is 41.9. The van der Waals surface area contributed by atoms with Crippen LogP contribution in [-0.2, 0) is 33.4 Å². The molecule has 2 unspecified atom stereocenters. The molecule has 0 spiro atoms. The smallest absolute Gasteiger partial charge is 0.344 e. The number of hydrogen-bond donors (Lipinski definition) is 8. The predicted octanol–water partition coefficient (Wildman–Crippen LogP) is 21.1. The van der Waals surface area contributed by atoms with Crippen molar-refractivity contribution in [2.45, 2.75) is 229 Å². The number of phenolic OH excluding ortho intramolecular Hbond substituents is 8. The van der Waals surface area contributed by atoms with Crippen molar-refractivity contribution < 1.29 is 93.2 Å². The van der Waals surface area contributed by atoms with Crippen LogP contribution < -0.4 is 18.9 Å². The van der Waals surface area contributed by atoms with Gasteiger partial charge < -0.3 is 74.0 Å². The topological polar surface area (TPSA) is 295 Å². The lowest BCUT2D eigenvalue weighted by atomic mass is 9.43. The Bertz CT molecular complexity index is 4690. The van der Waals surface area contributed by atoms with Crippen molar-refractivity contribution in [2.24, 2.45) is 100 Å². The third kappa shape index (κ3) is 14.6. The zero-order chi connectivity index (χ0) is 88.1. The molecule has 16 saturated carbocycles. The Kier molecular flexibility index (Phi) is 21.6. The average Bonchev–Trinajstić information content (AvgIpc) is 0.730. The fourth-order valence-electron chi connectivity index (χ4n) is 30.7. The van der Waals surface area contributed by atoms with Gasteiger partial charge in [0, 0.05) is 98.9 Å². The van der Waals surface area contributed by atoms with Crippen LogP contribution in [-0.4, -0.2) is 108 Å². The van der Waals surface area contributed by atoms with Crippen molar-refractivity contribution >= 4 is 23.7 Å². The zero-order valence-corrected chi connectivity index (χ0v) is 74.0. The number of ketones is 1. The lowest BCUT2D eigenvalue weighted by Gasteiger charge is -2.61. The average molecular weight is 1740 g/mol. The molecule has 0 radical (unpaired) electrons. The van der Waals surface area contributed by atoms with Gasteiger partial charge in [0.15, 0.2) is 25.6 Å². The van der Waals surface area contributed by atoms with Crippen LogP contribution in [0.5, 0.6) is 69.0 Å². The zero-order valence-electron chi connectivity index (χ0n) is 74.0. The quantitative estimate of drug-likeness (QED) is 0.0195. The largest absolute Gasteiger partial charge is 0.507 e.